The highest BCUT2D eigenvalue weighted by atomic mass is 16.6. The van der Waals surface area contributed by atoms with Crippen LogP contribution in [0.15, 0.2) is 48.5 Å². The molecule has 1 saturated carbocycles. The van der Waals surface area contributed by atoms with Crippen LogP contribution in [0.1, 0.15) is 30.4 Å². The van der Waals surface area contributed by atoms with Crippen LogP contribution in [0.4, 0.5) is 0 Å². The fourth-order valence-electron chi connectivity index (χ4n) is 3.48. The zero-order chi connectivity index (χ0) is 15.0. The van der Waals surface area contributed by atoms with Gasteiger partial charge >= 0.3 is 0 Å². The van der Waals surface area contributed by atoms with E-state index < -0.39 is 0 Å². The lowest BCUT2D eigenvalue weighted by molar-refractivity contribution is 0.239. The minimum absolute atomic E-state index is 0.124. The molecule has 2 fully saturated rings. The Balaban J connectivity index is 1.61. The molecule has 0 spiro atoms. The number of hydrogen-bond acceptors (Lipinski definition) is 3. The molecule has 3 nitrogen and oxygen atoms in total. The molecule has 22 heavy (non-hydrogen) atoms. The lowest BCUT2D eigenvalue weighted by Crippen LogP contribution is -2.10. The van der Waals surface area contributed by atoms with E-state index in [0.29, 0.717) is 12.7 Å². The normalized spacial score (nSPS) is 25.6. The van der Waals surface area contributed by atoms with Gasteiger partial charge in [0.15, 0.2) is 0 Å². The summed E-state index contributed by atoms with van der Waals surface area (Å²) in [5, 5.41) is 0. The third-order valence-electron chi connectivity index (χ3n) is 4.71. The molecule has 3 heteroatoms. The summed E-state index contributed by atoms with van der Waals surface area (Å²) < 4.78 is 17.5. The molecule has 0 radical (unpaired) electrons. The van der Waals surface area contributed by atoms with Gasteiger partial charge < -0.3 is 14.2 Å². The van der Waals surface area contributed by atoms with Crippen LogP contribution in [-0.4, -0.2) is 13.2 Å². The summed E-state index contributed by atoms with van der Waals surface area (Å²) >= 11 is 0. The van der Waals surface area contributed by atoms with Crippen LogP contribution >= 0.6 is 0 Å². The second-order valence-corrected chi connectivity index (χ2v) is 6.02. The van der Waals surface area contributed by atoms with E-state index in [9.17, 15) is 0 Å². The topological polar surface area (TPSA) is 31.0 Å². The second-order valence-electron chi connectivity index (χ2n) is 6.02. The Morgan fingerprint density at radius 2 is 2.05 bits per heavy atom. The SMILES string of the molecule is COc1ccc(OCc2ccccc2)c(C23CCCC2O3)c1. The van der Waals surface area contributed by atoms with Crippen molar-refractivity contribution in [2.24, 2.45) is 0 Å². The van der Waals surface area contributed by atoms with Gasteiger partial charge in [0.25, 0.3) is 0 Å². The Morgan fingerprint density at radius 1 is 1.18 bits per heavy atom. The Bertz CT molecular complexity index is 668. The van der Waals surface area contributed by atoms with Gasteiger partial charge in [-0.1, -0.05) is 30.3 Å². The van der Waals surface area contributed by atoms with Crippen molar-refractivity contribution in [2.75, 3.05) is 7.11 Å². The van der Waals surface area contributed by atoms with Gasteiger partial charge in [-0.25, -0.2) is 0 Å². The summed E-state index contributed by atoms with van der Waals surface area (Å²) in [7, 11) is 1.70. The molecule has 2 aliphatic rings. The van der Waals surface area contributed by atoms with E-state index in [1.807, 2.05) is 30.3 Å². The van der Waals surface area contributed by atoms with Crippen molar-refractivity contribution in [3.8, 4) is 11.5 Å². The average molecular weight is 296 g/mol. The highest BCUT2D eigenvalue weighted by Crippen LogP contribution is 2.59. The summed E-state index contributed by atoms with van der Waals surface area (Å²) in [5.41, 5.74) is 2.19. The molecule has 0 amide bonds. The molecular formula is C19H20O3. The zero-order valence-electron chi connectivity index (χ0n) is 12.7. The first-order chi connectivity index (χ1) is 10.8. The van der Waals surface area contributed by atoms with Crippen molar-refractivity contribution in [1.29, 1.82) is 0 Å². The van der Waals surface area contributed by atoms with Crippen molar-refractivity contribution in [3.63, 3.8) is 0 Å². The number of ether oxygens (including phenoxy) is 3. The third kappa shape index (κ3) is 2.26. The first-order valence-corrected chi connectivity index (χ1v) is 7.85. The molecule has 0 bridgehead atoms. The molecule has 0 N–H and O–H groups in total. The monoisotopic (exact) mass is 296 g/mol. The molecule has 0 aromatic heterocycles. The van der Waals surface area contributed by atoms with Crippen LogP contribution < -0.4 is 9.47 Å². The molecule has 1 heterocycles. The van der Waals surface area contributed by atoms with E-state index in [1.54, 1.807) is 7.11 Å². The molecular weight excluding hydrogens is 276 g/mol. The van der Waals surface area contributed by atoms with Crippen molar-refractivity contribution in [3.05, 3.63) is 59.7 Å². The Labute approximate surface area is 130 Å². The second kappa shape index (κ2) is 5.33. The van der Waals surface area contributed by atoms with Gasteiger partial charge in [-0.2, -0.15) is 0 Å². The largest absolute Gasteiger partial charge is 0.497 e. The van der Waals surface area contributed by atoms with Gasteiger partial charge in [0.2, 0.25) is 0 Å². The molecule has 2 aromatic carbocycles. The molecule has 2 atom stereocenters. The molecule has 114 valence electrons. The molecule has 2 aromatic rings. The third-order valence-corrected chi connectivity index (χ3v) is 4.71. The maximum absolute atomic E-state index is 6.09. The number of methoxy groups -OCH3 is 1. The van der Waals surface area contributed by atoms with Crippen molar-refractivity contribution < 1.29 is 14.2 Å². The fraction of sp³-hybridized carbons (Fsp3) is 0.368. The van der Waals surface area contributed by atoms with Gasteiger partial charge in [0.05, 0.1) is 13.2 Å². The average Bonchev–Trinajstić information content (AvgIpc) is 3.15. The van der Waals surface area contributed by atoms with Crippen molar-refractivity contribution in [1.82, 2.24) is 0 Å². The van der Waals surface area contributed by atoms with E-state index >= 15 is 0 Å². The van der Waals surface area contributed by atoms with Gasteiger partial charge in [0.1, 0.15) is 23.7 Å². The Morgan fingerprint density at radius 3 is 2.73 bits per heavy atom. The standard InChI is InChI=1S/C19H20O3/c1-20-15-9-10-17(21-13-14-6-3-2-4-7-14)16(12-15)19-11-5-8-18(19)22-19/h2-4,6-7,9-10,12,18H,5,8,11,13H2,1H3. The summed E-state index contributed by atoms with van der Waals surface area (Å²) in [5.74, 6) is 1.77. The van der Waals surface area contributed by atoms with E-state index in [0.717, 1.165) is 29.9 Å². The van der Waals surface area contributed by atoms with Gasteiger partial charge in [-0.3, -0.25) is 0 Å². The van der Waals surface area contributed by atoms with Gasteiger partial charge in [-0.05, 0) is 43.0 Å². The lowest BCUT2D eigenvalue weighted by Gasteiger charge is -2.17. The summed E-state index contributed by atoms with van der Waals surface area (Å²) in [6.45, 7) is 0.570. The van der Waals surface area contributed by atoms with Gasteiger partial charge in [0, 0.05) is 5.56 Å². The first kappa shape index (κ1) is 13.6. The minimum atomic E-state index is -0.124. The number of rotatable bonds is 5. The van der Waals surface area contributed by atoms with E-state index in [4.69, 9.17) is 14.2 Å². The lowest BCUT2D eigenvalue weighted by atomic mass is 9.95. The van der Waals surface area contributed by atoms with Crippen LogP contribution in [-0.2, 0) is 16.9 Å². The molecule has 1 saturated heterocycles. The minimum Gasteiger partial charge on any atom is -0.497 e. The Kier molecular flexibility index (Phi) is 3.30. The fourth-order valence-corrected chi connectivity index (χ4v) is 3.48. The number of benzene rings is 2. The predicted molar refractivity (Wildman–Crippen MR) is 84.2 cm³/mol. The first-order valence-electron chi connectivity index (χ1n) is 7.85. The molecule has 2 unspecified atom stereocenters. The van der Waals surface area contributed by atoms with Crippen LogP contribution in [0.2, 0.25) is 0 Å². The number of epoxide rings is 1. The zero-order valence-corrected chi connectivity index (χ0v) is 12.7. The van der Waals surface area contributed by atoms with Gasteiger partial charge in [-0.15, -0.1) is 0 Å². The predicted octanol–water partition coefficient (Wildman–Crippen LogP) is 4.05. The highest BCUT2D eigenvalue weighted by Gasteiger charge is 2.61. The van der Waals surface area contributed by atoms with Crippen molar-refractivity contribution in [2.45, 2.75) is 37.6 Å². The van der Waals surface area contributed by atoms with E-state index in [2.05, 4.69) is 18.2 Å². The Hall–Kier alpha value is -2.00. The summed E-state index contributed by atoms with van der Waals surface area (Å²) in [6, 6.07) is 16.3. The summed E-state index contributed by atoms with van der Waals surface area (Å²) in [4.78, 5) is 0. The van der Waals surface area contributed by atoms with Crippen LogP contribution in [0.5, 0.6) is 11.5 Å². The maximum atomic E-state index is 6.09. The van der Waals surface area contributed by atoms with E-state index in [1.165, 1.54) is 12.0 Å². The quantitative estimate of drug-likeness (QED) is 0.780. The van der Waals surface area contributed by atoms with Crippen LogP contribution in [0, 0.1) is 0 Å². The van der Waals surface area contributed by atoms with Crippen LogP contribution in [0.3, 0.4) is 0 Å². The molecule has 1 aliphatic heterocycles. The number of hydrogen-bond donors (Lipinski definition) is 0. The van der Waals surface area contributed by atoms with Crippen molar-refractivity contribution >= 4 is 0 Å². The molecule has 1 aliphatic carbocycles. The smallest absolute Gasteiger partial charge is 0.126 e. The number of fused-ring (bicyclic) bond motifs is 1. The maximum Gasteiger partial charge on any atom is 0.126 e. The highest BCUT2D eigenvalue weighted by molar-refractivity contribution is 5.47. The molecule has 4 rings (SSSR count). The summed E-state index contributed by atoms with van der Waals surface area (Å²) in [6.07, 6.45) is 3.81. The van der Waals surface area contributed by atoms with E-state index in [-0.39, 0.29) is 5.60 Å². The van der Waals surface area contributed by atoms with Crippen LogP contribution in [0.25, 0.3) is 0 Å².